The van der Waals surface area contributed by atoms with Gasteiger partial charge in [-0.05, 0) is 47.2 Å². The van der Waals surface area contributed by atoms with Gasteiger partial charge in [0.15, 0.2) is 0 Å². The van der Waals surface area contributed by atoms with Crippen molar-refractivity contribution in [3.05, 3.63) is 33.4 Å². The predicted octanol–water partition coefficient (Wildman–Crippen LogP) is 2.99. The molecule has 2 nitrogen and oxygen atoms in total. The van der Waals surface area contributed by atoms with Crippen LogP contribution in [0.4, 0.5) is 0 Å². The Balaban J connectivity index is 3.15. The Morgan fingerprint density at radius 3 is 2.64 bits per heavy atom. The zero-order valence-corrected chi connectivity index (χ0v) is 9.95. The van der Waals surface area contributed by atoms with Gasteiger partial charge in [0.05, 0.1) is 24.0 Å². The highest BCUT2D eigenvalue weighted by Gasteiger charge is 2.26. The summed E-state index contributed by atoms with van der Waals surface area (Å²) >= 11 is 2.20. The van der Waals surface area contributed by atoms with Gasteiger partial charge in [0, 0.05) is 3.57 Å². The Labute approximate surface area is 97.3 Å². The number of rotatable bonds is 2. The molecule has 14 heavy (non-hydrogen) atoms. The maximum Gasteiger partial charge on any atom is 0.0924 e. The average molecular weight is 296 g/mol. The summed E-state index contributed by atoms with van der Waals surface area (Å²) in [5, 5.41) is 17.7. The van der Waals surface area contributed by atoms with Crippen LogP contribution in [0, 0.1) is 26.2 Å². The molecular formula is C11H9IN2. The summed E-state index contributed by atoms with van der Waals surface area (Å²) in [7, 11) is 0. The minimum absolute atomic E-state index is 0.226. The molecule has 1 rings (SSSR count). The van der Waals surface area contributed by atoms with Crippen molar-refractivity contribution < 1.29 is 0 Å². The first kappa shape index (κ1) is 11.0. The van der Waals surface area contributed by atoms with Crippen molar-refractivity contribution in [3.63, 3.8) is 0 Å². The summed E-state index contributed by atoms with van der Waals surface area (Å²) in [4.78, 5) is 0. The second-order valence-corrected chi connectivity index (χ2v) is 4.53. The van der Waals surface area contributed by atoms with Gasteiger partial charge in [-0.15, -0.1) is 0 Å². The van der Waals surface area contributed by atoms with Gasteiger partial charge in [-0.1, -0.05) is 12.1 Å². The minimum atomic E-state index is -0.685. The van der Waals surface area contributed by atoms with Crippen molar-refractivity contribution in [2.45, 2.75) is 18.8 Å². The van der Waals surface area contributed by atoms with Crippen molar-refractivity contribution in [1.82, 2.24) is 0 Å². The number of benzene rings is 1. The average Bonchev–Trinajstić information content (AvgIpc) is 2.18. The lowest BCUT2D eigenvalue weighted by atomic mass is 9.81. The van der Waals surface area contributed by atoms with Gasteiger partial charge < -0.3 is 0 Å². The van der Waals surface area contributed by atoms with Crippen LogP contribution >= 0.6 is 22.6 Å². The van der Waals surface area contributed by atoms with E-state index in [9.17, 15) is 0 Å². The van der Waals surface area contributed by atoms with E-state index in [2.05, 4.69) is 34.7 Å². The maximum atomic E-state index is 9.06. The third-order valence-electron chi connectivity index (χ3n) is 2.14. The van der Waals surface area contributed by atoms with Crippen LogP contribution in [0.25, 0.3) is 0 Å². The van der Waals surface area contributed by atoms with E-state index < -0.39 is 5.41 Å². The van der Waals surface area contributed by atoms with E-state index in [1.54, 1.807) is 6.92 Å². The largest absolute Gasteiger partial charge is 0.198 e. The second kappa shape index (κ2) is 4.43. The molecule has 0 bridgehead atoms. The first-order valence-corrected chi connectivity index (χ1v) is 5.24. The van der Waals surface area contributed by atoms with Crippen molar-refractivity contribution in [1.29, 1.82) is 10.5 Å². The van der Waals surface area contributed by atoms with E-state index in [1.165, 1.54) is 0 Å². The van der Waals surface area contributed by atoms with Crippen molar-refractivity contribution >= 4 is 22.6 Å². The third-order valence-corrected chi connectivity index (χ3v) is 2.81. The SMILES string of the molecule is CC(C#N)(CC#N)c1cccc(I)c1. The zero-order valence-electron chi connectivity index (χ0n) is 7.79. The van der Waals surface area contributed by atoms with E-state index >= 15 is 0 Å². The fourth-order valence-electron chi connectivity index (χ4n) is 1.20. The smallest absolute Gasteiger partial charge is 0.0924 e. The number of nitriles is 2. The Kier molecular flexibility index (Phi) is 3.49. The van der Waals surface area contributed by atoms with Crippen molar-refractivity contribution in [2.75, 3.05) is 0 Å². The first-order chi connectivity index (χ1) is 6.62. The summed E-state index contributed by atoms with van der Waals surface area (Å²) in [6.07, 6.45) is 0.226. The molecule has 0 N–H and O–H groups in total. The monoisotopic (exact) mass is 296 g/mol. The third kappa shape index (κ3) is 2.24. The minimum Gasteiger partial charge on any atom is -0.198 e. The lowest BCUT2D eigenvalue weighted by molar-refractivity contribution is 0.627. The molecule has 0 saturated carbocycles. The number of hydrogen-bond acceptors (Lipinski definition) is 2. The second-order valence-electron chi connectivity index (χ2n) is 3.29. The van der Waals surface area contributed by atoms with Crippen LogP contribution in [-0.2, 0) is 5.41 Å². The molecule has 0 saturated heterocycles. The van der Waals surface area contributed by atoms with E-state index in [0.717, 1.165) is 9.13 Å². The predicted molar refractivity (Wildman–Crippen MR) is 62.4 cm³/mol. The van der Waals surface area contributed by atoms with Crippen LogP contribution in [0.1, 0.15) is 18.9 Å². The number of nitrogens with zero attached hydrogens (tertiary/aromatic N) is 2. The van der Waals surface area contributed by atoms with Crippen molar-refractivity contribution in [3.8, 4) is 12.1 Å². The fourth-order valence-corrected chi connectivity index (χ4v) is 1.74. The van der Waals surface area contributed by atoms with Gasteiger partial charge in [0.1, 0.15) is 0 Å². The fraction of sp³-hybridized carbons (Fsp3) is 0.273. The van der Waals surface area contributed by atoms with Crippen LogP contribution < -0.4 is 0 Å². The quantitative estimate of drug-likeness (QED) is 0.788. The molecule has 0 radical (unpaired) electrons. The molecule has 3 heteroatoms. The van der Waals surface area contributed by atoms with Crippen LogP contribution in [0.15, 0.2) is 24.3 Å². The van der Waals surface area contributed by atoms with Gasteiger partial charge in [0.2, 0.25) is 0 Å². The van der Waals surface area contributed by atoms with Gasteiger partial charge in [-0.2, -0.15) is 10.5 Å². The Bertz CT molecular complexity index is 414. The number of hydrogen-bond donors (Lipinski definition) is 0. The molecule has 1 unspecified atom stereocenters. The van der Waals surface area contributed by atoms with Crippen molar-refractivity contribution in [2.24, 2.45) is 0 Å². The standard InChI is InChI=1S/C11H9IN2/c1-11(8-14,5-6-13)9-3-2-4-10(12)7-9/h2-4,7H,5H2,1H3. The van der Waals surface area contributed by atoms with E-state index in [1.807, 2.05) is 24.3 Å². The summed E-state index contributed by atoms with van der Waals surface area (Å²) in [6.45, 7) is 1.79. The van der Waals surface area contributed by atoms with Gasteiger partial charge in [-0.3, -0.25) is 0 Å². The van der Waals surface area contributed by atoms with Gasteiger partial charge >= 0.3 is 0 Å². The summed E-state index contributed by atoms with van der Waals surface area (Å²) < 4.78 is 1.08. The first-order valence-electron chi connectivity index (χ1n) is 4.16. The molecule has 0 fully saturated rings. The van der Waals surface area contributed by atoms with Gasteiger partial charge in [0.25, 0.3) is 0 Å². The molecule has 1 atom stereocenters. The lowest BCUT2D eigenvalue weighted by Gasteiger charge is -2.18. The normalized spacial score (nSPS) is 13.7. The highest BCUT2D eigenvalue weighted by atomic mass is 127. The molecule has 70 valence electrons. The van der Waals surface area contributed by atoms with Gasteiger partial charge in [-0.25, -0.2) is 0 Å². The van der Waals surface area contributed by atoms with E-state index in [4.69, 9.17) is 10.5 Å². The maximum absolute atomic E-state index is 9.06. The summed E-state index contributed by atoms with van der Waals surface area (Å²) in [5.41, 5.74) is 0.226. The van der Waals surface area contributed by atoms with Crippen LogP contribution in [-0.4, -0.2) is 0 Å². The Morgan fingerprint density at radius 1 is 1.43 bits per heavy atom. The molecule has 0 aliphatic carbocycles. The Morgan fingerprint density at radius 2 is 2.14 bits per heavy atom. The van der Waals surface area contributed by atoms with E-state index in [-0.39, 0.29) is 6.42 Å². The Hall–Kier alpha value is -1.07. The summed E-state index contributed by atoms with van der Waals surface area (Å²) in [6, 6.07) is 12.0. The van der Waals surface area contributed by atoms with E-state index in [0.29, 0.717) is 0 Å². The topological polar surface area (TPSA) is 47.6 Å². The molecule has 0 aromatic heterocycles. The molecular weight excluding hydrogens is 287 g/mol. The molecule has 0 amide bonds. The highest BCUT2D eigenvalue weighted by molar-refractivity contribution is 14.1. The van der Waals surface area contributed by atoms with Crippen LogP contribution in [0.2, 0.25) is 0 Å². The summed E-state index contributed by atoms with van der Waals surface area (Å²) in [5.74, 6) is 0. The molecule has 0 aliphatic heterocycles. The zero-order chi connectivity index (χ0) is 10.6. The number of halogens is 1. The molecule has 1 aromatic rings. The molecule has 1 aromatic carbocycles. The molecule has 0 spiro atoms. The highest BCUT2D eigenvalue weighted by Crippen LogP contribution is 2.27. The lowest BCUT2D eigenvalue weighted by Crippen LogP contribution is -2.18. The molecule has 0 aliphatic rings. The van der Waals surface area contributed by atoms with Crippen LogP contribution in [0.3, 0.4) is 0 Å². The van der Waals surface area contributed by atoms with Crippen LogP contribution in [0.5, 0.6) is 0 Å². The molecule has 0 heterocycles.